The second-order valence-corrected chi connectivity index (χ2v) is 6.01. The molecular weight excluding hydrogens is 304 g/mol. The van der Waals surface area contributed by atoms with Crippen molar-refractivity contribution in [2.75, 3.05) is 5.32 Å². The van der Waals surface area contributed by atoms with Gasteiger partial charge < -0.3 is 9.84 Å². The van der Waals surface area contributed by atoms with E-state index in [9.17, 15) is 4.79 Å². The van der Waals surface area contributed by atoms with Crippen LogP contribution in [0, 0.1) is 0 Å². The zero-order valence-electron chi connectivity index (χ0n) is 13.2. The summed E-state index contributed by atoms with van der Waals surface area (Å²) < 4.78 is 7.09. The van der Waals surface area contributed by atoms with Gasteiger partial charge in [0.25, 0.3) is 5.91 Å². The maximum absolute atomic E-state index is 12.4. The zero-order chi connectivity index (χ0) is 16.4. The molecule has 0 spiro atoms. The molecule has 1 N–H and O–H groups in total. The van der Waals surface area contributed by atoms with Gasteiger partial charge in [-0.3, -0.25) is 9.48 Å². The van der Waals surface area contributed by atoms with Gasteiger partial charge in [-0.05, 0) is 24.8 Å². The number of rotatable bonds is 4. The average Bonchev–Trinajstić information content (AvgIpc) is 3.22. The largest absolute Gasteiger partial charge is 0.360 e. The molecule has 0 atom stereocenters. The van der Waals surface area contributed by atoms with Crippen molar-refractivity contribution in [2.24, 2.45) is 0 Å². The third-order valence-corrected chi connectivity index (χ3v) is 4.24. The van der Waals surface area contributed by atoms with Gasteiger partial charge in [-0.1, -0.05) is 35.5 Å². The van der Waals surface area contributed by atoms with Gasteiger partial charge in [-0.2, -0.15) is 5.10 Å². The molecule has 2 heterocycles. The fraction of sp³-hybridized carbons (Fsp3) is 0.278. The molecule has 0 aliphatic heterocycles. The summed E-state index contributed by atoms with van der Waals surface area (Å²) in [6, 6.07) is 10.1. The second-order valence-electron chi connectivity index (χ2n) is 6.01. The third kappa shape index (κ3) is 2.95. The van der Waals surface area contributed by atoms with Crippen molar-refractivity contribution in [3.05, 3.63) is 65.3 Å². The van der Waals surface area contributed by atoms with E-state index in [0.29, 0.717) is 17.9 Å². The van der Waals surface area contributed by atoms with Gasteiger partial charge in [-0.15, -0.1) is 0 Å². The first-order valence-corrected chi connectivity index (χ1v) is 8.15. The molecular formula is C18H18N4O2. The molecule has 6 nitrogen and oxygen atoms in total. The van der Waals surface area contributed by atoms with E-state index < -0.39 is 0 Å². The van der Waals surface area contributed by atoms with E-state index in [4.69, 9.17) is 4.52 Å². The number of carbonyl (C=O) groups is 1. The predicted molar refractivity (Wildman–Crippen MR) is 88.9 cm³/mol. The fourth-order valence-electron chi connectivity index (χ4n) is 3.04. The number of carbonyl (C=O) groups excluding carboxylic acids is 1. The number of fused-ring (bicyclic) bond motifs is 1. The topological polar surface area (TPSA) is 73.0 Å². The van der Waals surface area contributed by atoms with Crippen molar-refractivity contribution in [1.29, 1.82) is 0 Å². The molecule has 0 fully saturated rings. The van der Waals surface area contributed by atoms with Crippen LogP contribution in [0.4, 0.5) is 5.69 Å². The molecule has 2 aromatic heterocycles. The zero-order valence-corrected chi connectivity index (χ0v) is 13.2. The van der Waals surface area contributed by atoms with E-state index >= 15 is 0 Å². The Morgan fingerprint density at radius 2 is 2.04 bits per heavy atom. The molecule has 1 aliphatic carbocycles. The monoisotopic (exact) mass is 322 g/mol. The number of aryl methyl sites for hydroxylation is 1. The van der Waals surface area contributed by atoms with E-state index in [-0.39, 0.29) is 5.91 Å². The lowest BCUT2D eigenvalue weighted by Crippen LogP contribution is -2.15. The number of aromatic nitrogens is 3. The average molecular weight is 322 g/mol. The number of benzene rings is 1. The van der Waals surface area contributed by atoms with Crippen LogP contribution in [0.25, 0.3) is 0 Å². The second kappa shape index (κ2) is 6.31. The summed E-state index contributed by atoms with van der Waals surface area (Å²) >= 11 is 0. The normalized spacial score (nSPS) is 13.5. The van der Waals surface area contributed by atoms with Crippen LogP contribution in [-0.2, 0) is 19.4 Å². The molecule has 0 saturated heterocycles. The van der Waals surface area contributed by atoms with Crippen LogP contribution in [0.1, 0.15) is 40.2 Å². The number of hydrogen-bond acceptors (Lipinski definition) is 4. The highest BCUT2D eigenvalue weighted by Gasteiger charge is 2.24. The lowest BCUT2D eigenvalue weighted by Gasteiger charge is -2.08. The molecule has 4 rings (SSSR count). The maximum Gasteiger partial charge on any atom is 0.278 e. The first-order valence-electron chi connectivity index (χ1n) is 8.15. The molecule has 1 aliphatic rings. The van der Waals surface area contributed by atoms with E-state index in [1.54, 1.807) is 10.9 Å². The molecule has 24 heavy (non-hydrogen) atoms. The Hall–Kier alpha value is -2.89. The minimum absolute atomic E-state index is 0.235. The fourth-order valence-corrected chi connectivity index (χ4v) is 3.04. The summed E-state index contributed by atoms with van der Waals surface area (Å²) in [4.78, 5) is 12.4. The summed E-state index contributed by atoms with van der Waals surface area (Å²) in [5, 5.41) is 11.1. The smallest absolute Gasteiger partial charge is 0.278 e. The van der Waals surface area contributed by atoms with Crippen LogP contribution in [0.2, 0.25) is 0 Å². The number of amides is 1. The van der Waals surface area contributed by atoms with Gasteiger partial charge in [0, 0.05) is 18.2 Å². The summed E-state index contributed by atoms with van der Waals surface area (Å²) in [7, 11) is 0. The molecule has 1 amide bonds. The molecule has 6 heteroatoms. The summed E-state index contributed by atoms with van der Waals surface area (Å²) in [5.41, 5.74) is 3.17. The van der Waals surface area contributed by atoms with Crippen molar-refractivity contribution >= 4 is 11.6 Å². The first-order chi connectivity index (χ1) is 11.8. The summed E-state index contributed by atoms with van der Waals surface area (Å²) in [6.45, 7) is 0.663. The first kappa shape index (κ1) is 14.7. The van der Waals surface area contributed by atoms with Crippen molar-refractivity contribution in [3.63, 3.8) is 0 Å². The molecule has 1 aromatic carbocycles. The standard InChI is InChI=1S/C18H18N4O2/c23-18(17-15-8-4-5-9-16(15)24-21-17)20-14-10-19-22(12-14)11-13-6-2-1-3-7-13/h1-3,6-7,10,12H,4-5,8-9,11H2,(H,20,23). The van der Waals surface area contributed by atoms with Gasteiger partial charge in [0.2, 0.25) is 0 Å². The molecule has 122 valence electrons. The van der Waals surface area contributed by atoms with Crippen LogP contribution in [0.15, 0.2) is 47.2 Å². The van der Waals surface area contributed by atoms with E-state index in [1.165, 1.54) is 0 Å². The summed E-state index contributed by atoms with van der Waals surface area (Å²) in [6.07, 6.45) is 7.35. The van der Waals surface area contributed by atoms with Crippen LogP contribution in [0.5, 0.6) is 0 Å². The quantitative estimate of drug-likeness (QED) is 0.801. The molecule has 0 unspecified atom stereocenters. The van der Waals surface area contributed by atoms with Gasteiger partial charge in [0.15, 0.2) is 5.69 Å². The Morgan fingerprint density at radius 3 is 2.92 bits per heavy atom. The SMILES string of the molecule is O=C(Nc1cnn(Cc2ccccc2)c1)c1noc2c1CCCC2. The van der Waals surface area contributed by atoms with Crippen LogP contribution < -0.4 is 5.32 Å². The number of hydrogen-bond donors (Lipinski definition) is 1. The molecule has 0 radical (unpaired) electrons. The number of anilines is 1. The van der Waals surface area contributed by atoms with Crippen molar-refractivity contribution in [2.45, 2.75) is 32.2 Å². The van der Waals surface area contributed by atoms with Gasteiger partial charge in [0.05, 0.1) is 18.4 Å². The van der Waals surface area contributed by atoms with Crippen LogP contribution in [0.3, 0.4) is 0 Å². The lowest BCUT2D eigenvalue weighted by atomic mass is 9.96. The van der Waals surface area contributed by atoms with Gasteiger partial charge in [-0.25, -0.2) is 0 Å². The van der Waals surface area contributed by atoms with E-state index in [0.717, 1.165) is 42.6 Å². The maximum atomic E-state index is 12.4. The van der Waals surface area contributed by atoms with Crippen LogP contribution >= 0.6 is 0 Å². The van der Waals surface area contributed by atoms with Gasteiger partial charge >= 0.3 is 0 Å². The lowest BCUT2D eigenvalue weighted by molar-refractivity contribution is 0.101. The Labute approximate surface area is 139 Å². The minimum Gasteiger partial charge on any atom is -0.360 e. The Kier molecular flexibility index (Phi) is 3.86. The van der Waals surface area contributed by atoms with E-state index in [2.05, 4.69) is 15.6 Å². The highest BCUT2D eigenvalue weighted by Crippen LogP contribution is 2.24. The Morgan fingerprint density at radius 1 is 1.21 bits per heavy atom. The van der Waals surface area contributed by atoms with Gasteiger partial charge in [0.1, 0.15) is 5.76 Å². The predicted octanol–water partition coefficient (Wildman–Crippen LogP) is 3.05. The number of nitrogens with zero attached hydrogens (tertiary/aromatic N) is 3. The third-order valence-electron chi connectivity index (χ3n) is 4.24. The molecule has 3 aromatic rings. The Balaban J connectivity index is 1.46. The van der Waals surface area contributed by atoms with Crippen molar-refractivity contribution < 1.29 is 9.32 Å². The number of nitrogens with one attached hydrogen (secondary N) is 1. The summed E-state index contributed by atoms with van der Waals surface area (Å²) in [5.74, 6) is 0.618. The van der Waals surface area contributed by atoms with Crippen molar-refractivity contribution in [1.82, 2.24) is 14.9 Å². The van der Waals surface area contributed by atoms with Crippen molar-refractivity contribution in [3.8, 4) is 0 Å². The Bertz CT molecular complexity index is 851. The van der Waals surface area contributed by atoms with E-state index in [1.807, 2.05) is 36.5 Å². The molecule has 0 saturated carbocycles. The van der Waals surface area contributed by atoms with Crippen LogP contribution in [-0.4, -0.2) is 20.8 Å². The highest BCUT2D eigenvalue weighted by molar-refractivity contribution is 6.03. The minimum atomic E-state index is -0.235. The highest BCUT2D eigenvalue weighted by atomic mass is 16.5. The molecule has 0 bridgehead atoms.